The van der Waals surface area contributed by atoms with Gasteiger partial charge in [0.2, 0.25) is 0 Å². The third-order valence-corrected chi connectivity index (χ3v) is 12.8. The monoisotopic (exact) mass is 605 g/mol. The number of alkyl halides is 1. The van der Waals surface area contributed by atoms with Gasteiger partial charge in [0.1, 0.15) is 5.82 Å². The van der Waals surface area contributed by atoms with Gasteiger partial charge in [0.25, 0.3) is 11.8 Å². The van der Waals surface area contributed by atoms with Crippen LogP contribution in [0.1, 0.15) is 59.6 Å². The number of nitrogens with one attached hydrogen (secondary N) is 1. The lowest BCUT2D eigenvalue weighted by Gasteiger charge is -2.58. The fourth-order valence-corrected chi connectivity index (χ4v) is 10.4. The van der Waals surface area contributed by atoms with Gasteiger partial charge in [-0.25, -0.2) is 19.3 Å². The number of anilines is 2. The highest BCUT2D eigenvalue weighted by Gasteiger charge is 3.03. The Morgan fingerprint density at radius 3 is 2.43 bits per heavy atom. The summed E-state index contributed by atoms with van der Waals surface area (Å²) in [4.78, 5) is 47.7. The van der Waals surface area contributed by atoms with Gasteiger partial charge < -0.3 is 15.1 Å². The zero-order valence-electron chi connectivity index (χ0n) is 23.7. The summed E-state index contributed by atoms with van der Waals surface area (Å²) in [5.41, 5.74) is 1.20. The molecule has 4 saturated heterocycles. The van der Waals surface area contributed by atoms with Crippen molar-refractivity contribution in [2.24, 2.45) is 5.41 Å². The molecular formula is C30H32FN7O2S2. The molecule has 0 radical (unpaired) electrons. The zero-order valence-corrected chi connectivity index (χ0v) is 25.3. The Morgan fingerprint density at radius 2 is 1.81 bits per heavy atom. The van der Waals surface area contributed by atoms with E-state index in [2.05, 4.69) is 25.1 Å². The van der Waals surface area contributed by atoms with Crippen LogP contribution in [0.25, 0.3) is 10.6 Å². The van der Waals surface area contributed by atoms with Crippen LogP contribution in [0, 0.1) is 19.3 Å². The second-order valence-electron chi connectivity index (χ2n) is 13.3. The lowest BCUT2D eigenvalue weighted by atomic mass is 9.84. The SMILES string of the molecule is Cc1nc(C)c(-c2csc(Nc3ccc(C(=O)N4[C@@]56CN(C7CCN(C(=O)C8(F)CC8)CC7)C[C@@]47CC57C6)cn3)n2)s1. The first kappa shape index (κ1) is 25.5. The number of rotatable bonds is 6. The molecule has 218 valence electrons. The van der Waals surface area contributed by atoms with E-state index in [1.165, 1.54) is 11.3 Å². The standard InChI is InChI=1S/C30H32FN7O2S2/c1-17-23(42-18(2)33-17)21-12-41-26(34-21)35-22-4-3-19(11-32-22)24(39)38-29-13-28(29)14-30(28,38)16-37(15-29)20-5-9-36(10-6-20)25(40)27(31)7-8-27/h3-4,11-12,20H,5-10,13-16H2,1-2H3,(H,32,34,35)/t28?,29-,30+. The number of carbonyl (C=O) groups is 2. The van der Waals surface area contributed by atoms with Gasteiger partial charge in [0, 0.05) is 49.2 Å². The van der Waals surface area contributed by atoms with Crippen LogP contribution in [-0.4, -0.2) is 90.4 Å². The molecule has 7 fully saturated rings. The Bertz CT molecular complexity index is 1630. The molecule has 1 unspecified atom stereocenters. The van der Waals surface area contributed by atoms with Crippen molar-refractivity contribution in [3.63, 3.8) is 0 Å². The Balaban J connectivity index is 0.853. The van der Waals surface area contributed by atoms with E-state index in [-0.39, 0.29) is 22.9 Å². The summed E-state index contributed by atoms with van der Waals surface area (Å²) in [6.45, 7) is 7.09. The summed E-state index contributed by atoms with van der Waals surface area (Å²) in [5.74, 6) is 0.449. The van der Waals surface area contributed by atoms with Gasteiger partial charge in [-0.1, -0.05) is 0 Å². The molecule has 9 nitrogen and oxygen atoms in total. The van der Waals surface area contributed by atoms with Crippen LogP contribution >= 0.6 is 22.7 Å². The molecule has 3 aromatic rings. The summed E-state index contributed by atoms with van der Waals surface area (Å²) >= 11 is 3.17. The molecule has 12 heteroatoms. The molecule has 3 atom stereocenters. The summed E-state index contributed by atoms with van der Waals surface area (Å²) in [5, 5.41) is 7.09. The molecule has 7 heterocycles. The Morgan fingerprint density at radius 1 is 1.07 bits per heavy atom. The maximum absolute atomic E-state index is 14.3. The van der Waals surface area contributed by atoms with E-state index in [4.69, 9.17) is 4.98 Å². The molecule has 0 aromatic carbocycles. The van der Waals surface area contributed by atoms with Gasteiger partial charge in [-0.15, -0.1) is 22.7 Å². The molecule has 42 heavy (non-hydrogen) atoms. The maximum Gasteiger partial charge on any atom is 0.260 e. The zero-order chi connectivity index (χ0) is 28.6. The van der Waals surface area contributed by atoms with Gasteiger partial charge in [-0.2, -0.15) is 0 Å². The number of thiazole rings is 2. The van der Waals surface area contributed by atoms with Crippen LogP contribution in [0.4, 0.5) is 15.3 Å². The lowest BCUT2D eigenvalue weighted by molar-refractivity contribution is -0.140. The van der Waals surface area contributed by atoms with Crippen molar-refractivity contribution >= 4 is 45.4 Å². The van der Waals surface area contributed by atoms with Crippen LogP contribution in [0.15, 0.2) is 23.7 Å². The molecule has 10 rings (SSSR count). The van der Waals surface area contributed by atoms with E-state index < -0.39 is 5.67 Å². The van der Waals surface area contributed by atoms with Crippen LogP contribution < -0.4 is 5.32 Å². The highest BCUT2D eigenvalue weighted by atomic mass is 32.1. The smallest absolute Gasteiger partial charge is 0.260 e. The first-order valence-corrected chi connectivity index (χ1v) is 16.6. The molecule has 3 spiro atoms. The number of nitrogens with zero attached hydrogens (tertiary/aromatic N) is 6. The molecule has 7 aliphatic rings. The van der Waals surface area contributed by atoms with Crippen molar-refractivity contribution in [2.75, 3.05) is 31.5 Å². The summed E-state index contributed by atoms with van der Waals surface area (Å²) in [6.07, 6.45) is 6.42. The number of aryl methyl sites for hydroxylation is 2. The van der Waals surface area contributed by atoms with E-state index >= 15 is 0 Å². The molecular weight excluding hydrogens is 574 g/mol. The average molecular weight is 606 g/mol. The van der Waals surface area contributed by atoms with Gasteiger partial charge in [-0.3, -0.25) is 14.5 Å². The first-order valence-electron chi connectivity index (χ1n) is 14.9. The molecule has 2 amide bonds. The number of piperidine rings is 3. The van der Waals surface area contributed by atoms with E-state index in [9.17, 15) is 14.0 Å². The number of hydrogen-bond donors (Lipinski definition) is 1. The summed E-state index contributed by atoms with van der Waals surface area (Å²) in [7, 11) is 0. The lowest BCUT2D eigenvalue weighted by Crippen LogP contribution is -2.74. The number of likely N-dealkylation sites (tertiary alicyclic amines) is 1. The summed E-state index contributed by atoms with van der Waals surface area (Å²) < 4.78 is 14.3. The molecule has 3 saturated carbocycles. The molecule has 1 N–H and O–H groups in total. The molecule has 4 aliphatic heterocycles. The minimum atomic E-state index is -1.58. The van der Waals surface area contributed by atoms with Gasteiger partial charge in [0.05, 0.1) is 37.9 Å². The fourth-order valence-electron chi connectivity index (χ4n) is 8.69. The number of piperazine rings is 1. The van der Waals surface area contributed by atoms with Gasteiger partial charge >= 0.3 is 0 Å². The van der Waals surface area contributed by atoms with Crippen molar-refractivity contribution < 1.29 is 14.0 Å². The number of halogens is 1. The predicted molar refractivity (Wildman–Crippen MR) is 158 cm³/mol. The molecule has 3 aliphatic carbocycles. The molecule has 2 bridgehead atoms. The number of amides is 2. The quantitative estimate of drug-likeness (QED) is 0.440. The number of hydrogen-bond acceptors (Lipinski definition) is 9. The number of pyridine rings is 1. The molecule has 3 aromatic heterocycles. The van der Waals surface area contributed by atoms with Gasteiger partial charge in [-0.05, 0) is 64.5 Å². The number of carbonyl (C=O) groups excluding carboxylic acids is 2. The van der Waals surface area contributed by atoms with E-state index in [1.54, 1.807) is 22.4 Å². The normalized spacial score (nSPS) is 32.1. The van der Waals surface area contributed by atoms with Crippen LogP contribution in [-0.2, 0) is 4.79 Å². The first-order chi connectivity index (χ1) is 20.2. The minimum Gasteiger partial charge on any atom is -0.340 e. The van der Waals surface area contributed by atoms with Crippen LogP contribution in [0.2, 0.25) is 0 Å². The van der Waals surface area contributed by atoms with E-state index in [0.29, 0.717) is 48.8 Å². The number of aromatic nitrogens is 3. The second-order valence-corrected chi connectivity index (χ2v) is 15.3. The van der Waals surface area contributed by atoms with E-state index in [0.717, 1.165) is 65.2 Å². The van der Waals surface area contributed by atoms with Crippen molar-refractivity contribution in [1.82, 2.24) is 29.7 Å². The van der Waals surface area contributed by atoms with Crippen molar-refractivity contribution in [3.05, 3.63) is 40.0 Å². The highest BCUT2D eigenvalue weighted by Crippen LogP contribution is 2.94. The van der Waals surface area contributed by atoms with Crippen molar-refractivity contribution in [2.45, 2.75) is 75.2 Å². The number of fused-ring (bicyclic) bond motifs is 2. The van der Waals surface area contributed by atoms with Crippen LogP contribution in [0.5, 0.6) is 0 Å². The maximum atomic E-state index is 14.3. The van der Waals surface area contributed by atoms with Crippen molar-refractivity contribution in [3.8, 4) is 10.6 Å². The third-order valence-electron chi connectivity index (χ3n) is 10.9. The fraction of sp³-hybridized carbons (Fsp3) is 0.567. The largest absolute Gasteiger partial charge is 0.340 e. The Labute approximate surface area is 251 Å². The minimum absolute atomic E-state index is 0.0480. The van der Waals surface area contributed by atoms with E-state index in [1.807, 2.05) is 31.4 Å². The Kier molecular flexibility index (Phi) is 4.95. The third kappa shape index (κ3) is 3.28. The topological polar surface area (TPSA) is 94.6 Å². The summed E-state index contributed by atoms with van der Waals surface area (Å²) in [6, 6.07) is 4.13. The highest BCUT2D eigenvalue weighted by molar-refractivity contribution is 7.16. The second kappa shape index (κ2) is 8.15. The van der Waals surface area contributed by atoms with Gasteiger partial charge in [0.15, 0.2) is 10.8 Å². The van der Waals surface area contributed by atoms with Crippen molar-refractivity contribution in [1.29, 1.82) is 0 Å². The predicted octanol–water partition coefficient (Wildman–Crippen LogP) is 4.56. The Hall–Kier alpha value is -2.96. The average Bonchev–Trinajstić information content (AvgIpc) is 3.86. The van der Waals surface area contributed by atoms with Crippen LogP contribution in [0.3, 0.4) is 0 Å².